The van der Waals surface area contributed by atoms with Gasteiger partial charge in [0.25, 0.3) is 0 Å². The Morgan fingerprint density at radius 2 is 1.81 bits per heavy atom. The third kappa shape index (κ3) is 3.85. The second-order valence-electron chi connectivity index (χ2n) is 5.25. The van der Waals surface area contributed by atoms with E-state index in [1.165, 1.54) is 9.80 Å². The van der Waals surface area contributed by atoms with E-state index in [-0.39, 0.29) is 30.9 Å². The van der Waals surface area contributed by atoms with Crippen LogP contribution in [0.1, 0.15) is 13.8 Å². The van der Waals surface area contributed by atoms with Crippen LogP contribution >= 0.6 is 12.4 Å². The highest BCUT2D eigenvalue weighted by Gasteiger charge is 2.34. The average Bonchev–Trinajstić information content (AvgIpc) is 2.44. The molecule has 0 bridgehead atoms. The van der Waals surface area contributed by atoms with Gasteiger partial charge in [-0.1, -0.05) is 0 Å². The predicted octanol–water partition coefficient (Wildman–Crippen LogP) is -1.08. The van der Waals surface area contributed by atoms with Gasteiger partial charge >= 0.3 is 11.8 Å². The molecular weight excluding hydrogens is 296 g/mol. The van der Waals surface area contributed by atoms with Crippen LogP contribution in [0, 0.1) is 0 Å². The molecule has 0 aromatic heterocycles. The second kappa shape index (κ2) is 7.61. The molecule has 2 fully saturated rings. The van der Waals surface area contributed by atoms with Crippen molar-refractivity contribution in [1.29, 1.82) is 0 Å². The molecule has 3 amide bonds. The lowest BCUT2D eigenvalue weighted by Gasteiger charge is -2.37. The molecule has 0 aromatic carbocycles. The van der Waals surface area contributed by atoms with E-state index in [0.717, 1.165) is 13.1 Å². The normalized spacial score (nSPS) is 23.1. The number of halogens is 1. The lowest BCUT2D eigenvalue weighted by atomic mass is 10.2. The van der Waals surface area contributed by atoms with Crippen LogP contribution in [-0.2, 0) is 14.4 Å². The molecule has 120 valence electrons. The average molecular weight is 319 g/mol. The van der Waals surface area contributed by atoms with E-state index in [1.54, 1.807) is 4.90 Å². The first-order chi connectivity index (χ1) is 9.54. The first-order valence-electron chi connectivity index (χ1n) is 7.13. The minimum absolute atomic E-state index is 0. The van der Waals surface area contributed by atoms with Crippen molar-refractivity contribution in [2.24, 2.45) is 0 Å². The molecule has 0 radical (unpaired) electrons. The summed E-state index contributed by atoms with van der Waals surface area (Å²) in [5.41, 5.74) is 0. The maximum Gasteiger partial charge on any atom is 0.312 e. The molecule has 0 unspecified atom stereocenters. The summed E-state index contributed by atoms with van der Waals surface area (Å²) in [7, 11) is 0. The number of rotatable bonds is 3. The summed E-state index contributed by atoms with van der Waals surface area (Å²) >= 11 is 0. The smallest absolute Gasteiger partial charge is 0.312 e. The van der Waals surface area contributed by atoms with Crippen LogP contribution in [0.15, 0.2) is 0 Å². The lowest BCUT2D eigenvalue weighted by Crippen LogP contribution is -2.59. The van der Waals surface area contributed by atoms with E-state index < -0.39 is 11.8 Å². The van der Waals surface area contributed by atoms with Gasteiger partial charge in [-0.3, -0.25) is 14.4 Å². The number of likely N-dealkylation sites (N-methyl/N-ethyl adjacent to an activating group) is 1. The van der Waals surface area contributed by atoms with E-state index >= 15 is 0 Å². The molecule has 0 spiro atoms. The summed E-state index contributed by atoms with van der Waals surface area (Å²) < 4.78 is 0. The number of nitrogens with zero attached hydrogens (tertiary/aromatic N) is 3. The molecule has 2 aliphatic rings. The Balaban J connectivity index is 0.00000220. The largest absolute Gasteiger partial charge is 0.336 e. The molecule has 2 rings (SSSR count). The van der Waals surface area contributed by atoms with Gasteiger partial charge in [0.2, 0.25) is 5.91 Å². The van der Waals surface area contributed by atoms with Crippen molar-refractivity contribution >= 4 is 30.1 Å². The molecule has 7 nitrogen and oxygen atoms in total. The van der Waals surface area contributed by atoms with Crippen LogP contribution in [0.5, 0.6) is 0 Å². The first kappa shape index (κ1) is 17.7. The van der Waals surface area contributed by atoms with Gasteiger partial charge in [-0.05, 0) is 13.8 Å². The van der Waals surface area contributed by atoms with Gasteiger partial charge < -0.3 is 20.0 Å². The molecule has 0 saturated carbocycles. The van der Waals surface area contributed by atoms with Crippen LogP contribution in [0.3, 0.4) is 0 Å². The van der Waals surface area contributed by atoms with E-state index in [9.17, 15) is 14.4 Å². The zero-order valence-corrected chi connectivity index (χ0v) is 13.3. The Bertz CT molecular complexity index is 418. The fourth-order valence-corrected chi connectivity index (χ4v) is 2.63. The molecule has 2 heterocycles. The van der Waals surface area contributed by atoms with Gasteiger partial charge in [-0.25, -0.2) is 0 Å². The van der Waals surface area contributed by atoms with Crippen LogP contribution < -0.4 is 5.32 Å². The molecule has 1 atom stereocenters. The minimum Gasteiger partial charge on any atom is -0.336 e. The molecule has 1 N–H and O–H groups in total. The van der Waals surface area contributed by atoms with Gasteiger partial charge in [-0.15, -0.1) is 12.4 Å². The third-order valence-corrected chi connectivity index (χ3v) is 3.93. The van der Waals surface area contributed by atoms with Crippen molar-refractivity contribution in [2.45, 2.75) is 19.9 Å². The fourth-order valence-electron chi connectivity index (χ4n) is 2.63. The van der Waals surface area contributed by atoms with Crippen LogP contribution in [0.4, 0.5) is 0 Å². The van der Waals surface area contributed by atoms with Crippen molar-refractivity contribution in [3.63, 3.8) is 0 Å². The number of carbonyl (C=O) groups excluding carboxylic acids is 3. The Labute approximate surface area is 131 Å². The zero-order valence-electron chi connectivity index (χ0n) is 12.5. The summed E-state index contributed by atoms with van der Waals surface area (Å²) in [6, 6.07) is 0.124. The molecule has 21 heavy (non-hydrogen) atoms. The number of carbonyl (C=O) groups is 3. The van der Waals surface area contributed by atoms with Crippen molar-refractivity contribution in [3.05, 3.63) is 0 Å². The molecule has 2 aliphatic heterocycles. The standard InChI is InChI=1S/C13H22N4O3.ClH/c1-3-15-6-7-16(13(20)12(15)19)9-11(18)17-5-4-14-8-10(17)2;/h10,14H,3-9H2,1-2H3;1H/t10-;/m0./s1. The number of nitrogens with one attached hydrogen (secondary N) is 1. The van der Waals surface area contributed by atoms with Crippen molar-refractivity contribution in [2.75, 3.05) is 45.8 Å². The molecule has 0 aromatic rings. The summed E-state index contributed by atoms with van der Waals surface area (Å²) in [4.78, 5) is 40.6. The summed E-state index contributed by atoms with van der Waals surface area (Å²) in [5.74, 6) is -1.14. The van der Waals surface area contributed by atoms with E-state index in [4.69, 9.17) is 0 Å². The van der Waals surface area contributed by atoms with E-state index in [0.29, 0.717) is 26.2 Å². The van der Waals surface area contributed by atoms with Crippen molar-refractivity contribution < 1.29 is 14.4 Å². The van der Waals surface area contributed by atoms with Crippen LogP contribution in [0.25, 0.3) is 0 Å². The Kier molecular flexibility index (Phi) is 6.42. The van der Waals surface area contributed by atoms with Crippen molar-refractivity contribution in [3.8, 4) is 0 Å². The minimum atomic E-state index is -0.561. The van der Waals surface area contributed by atoms with Crippen LogP contribution in [-0.4, -0.2) is 84.3 Å². The molecule has 2 saturated heterocycles. The van der Waals surface area contributed by atoms with E-state index in [2.05, 4.69) is 5.32 Å². The number of amides is 3. The monoisotopic (exact) mass is 318 g/mol. The Hall–Kier alpha value is -1.34. The zero-order chi connectivity index (χ0) is 14.7. The highest BCUT2D eigenvalue weighted by atomic mass is 35.5. The van der Waals surface area contributed by atoms with Gasteiger partial charge in [0.1, 0.15) is 6.54 Å². The molecule has 8 heteroatoms. The van der Waals surface area contributed by atoms with Gasteiger partial charge in [0.15, 0.2) is 0 Å². The SMILES string of the molecule is CCN1CCN(CC(=O)N2CCNC[C@@H]2C)C(=O)C1=O.Cl. The highest BCUT2D eigenvalue weighted by molar-refractivity contribution is 6.35. The third-order valence-electron chi connectivity index (χ3n) is 3.93. The van der Waals surface area contributed by atoms with Crippen LogP contribution in [0.2, 0.25) is 0 Å². The highest BCUT2D eigenvalue weighted by Crippen LogP contribution is 2.08. The van der Waals surface area contributed by atoms with Gasteiger partial charge in [0, 0.05) is 45.3 Å². The summed E-state index contributed by atoms with van der Waals surface area (Å²) in [5, 5.41) is 3.22. The summed E-state index contributed by atoms with van der Waals surface area (Å²) in [6.45, 7) is 7.48. The number of piperazine rings is 2. The predicted molar refractivity (Wildman–Crippen MR) is 80.1 cm³/mol. The maximum atomic E-state index is 12.3. The number of hydrogen-bond acceptors (Lipinski definition) is 4. The maximum absolute atomic E-state index is 12.3. The first-order valence-corrected chi connectivity index (χ1v) is 7.13. The second-order valence-corrected chi connectivity index (χ2v) is 5.25. The summed E-state index contributed by atoms with van der Waals surface area (Å²) in [6.07, 6.45) is 0. The van der Waals surface area contributed by atoms with Gasteiger partial charge in [0.05, 0.1) is 0 Å². The lowest BCUT2D eigenvalue weighted by molar-refractivity contribution is -0.157. The Morgan fingerprint density at radius 3 is 2.43 bits per heavy atom. The molecular formula is C13H23ClN4O3. The fraction of sp³-hybridized carbons (Fsp3) is 0.769. The number of hydrogen-bond donors (Lipinski definition) is 1. The Morgan fingerprint density at radius 1 is 1.19 bits per heavy atom. The quantitative estimate of drug-likeness (QED) is 0.672. The molecule has 0 aliphatic carbocycles. The topological polar surface area (TPSA) is 73.0 Å². The van der Waals surface area contributed by atoms with Crippen molar-refractivity contribution in [1.82, 2.24) is 20.0 Å². The van der Waals surface area contributed by atoms with E-state index in [1.807, 2.05) is 13.8 Å². The van der Waals surface area contributed by atoms with Gasteiger partial charge in [-0.2, -0.15) is 0 Å².